The summed E-state index contributed by atoms with van der Waals surface area (Å²) < 4.78 is 18.6. The molecule has 1 N–H and O–H groups in total. The molecule has 0 radical (unpaired) electrons. The van der Waals surface area contributed by atoms with Crippen molar-refractivity contribution >= 4 is 11.6 Å². The lowest BCUT2D eigenvalue weighted by Gasteiger charge is -2.08. The predicted molar refractivity (Wildman–Crippen MR) is 73.4 cm³/mol. The van der Waals surface area contributed by atoms with E-state index in [-0.39, 0.29) is 10.8 Å². The summed E-state index contributed by atoms with van der Waals surface area (Å²) in [5, 5.41) is 3.44. The Bertz CT molecular complexity index is 358. The Morgan fingerprint density at radius 1 is 1.33 bits per heavy atom. The summed E-state index contributed by atoms with van der Waals surface area (Å²) in [5.41, 5.74) is 0.912. The van der Waals surface area contributed by atoms with Crippen LogP contribution in [0.15, 0.2) is 18.2 Å². The van der Waals surface area contributed by atoms with Crippen LogP contribution < -0.4 is 5.32 Å². The normalized spacial score (nSPS) is 11.2. The Kier molecular flexibility index (Phi) is 7.25. The van der Waals surface area contributed by atoms with Gasteiger partial charge in [-0.2, -0.15) is 0 Å². The minimum Gasteiger partial charge on any atom is -0.379 e. The molecule has 0 bridgehead atoms. The molecular formula is C14H21ClFNO. The lowest BCUT2D eigenvalue weighted by Crippen LogP contribution is -2.15. The van der Waals surface area contributed by atoms with E-state index in [1.54, 1.807) is 6.07 Å². The molecule has 0 saturated carbocycles. The predicted octanol–water partition coefficient (Wildman–Crippen LogP) is 3.77. The fraction of sp³-hybridized carbons (Fsp3) is 0.571. The average Bonchev–Trinajstić information content (AvgIpc) is 2.32. The highest BCUT2D eigenvalue weighted by atomic mass is 35.5. The molecule has 0 heterocycles. The van der Waals surface area contributed by atoms with Crippen LogP contribution in [0.4, 0.5) is 4.39 Å². The van der Waals surface area contributed by atoms with Gasteiger partial charge in [-0.3, -0.25) is 0 Å². The van der Waals surface area contributed by atoms with Crippen molar-refractivity contribution in [3.8, 4) is 0 Å². The number of rotatable bonds is 8. The summed E-state index contributed by atoms with van der Waals surface area (Å²) in [7, 11) is 0. The SMILES string of the molecule is CC(C)OCCCCNCc1ccc(Cl)c(F)c1. The van der Waals surface area contributed by atoms with E-state index in [1.165, 1.54) is 6.07 Å². The number of benzene rings is 1. The molecule has 1 aromatic carbocycles. The van der Waals surface area contributed by atoms with Crippen molar-refractivity contribution in [3.63, 3.8) is 0 Å². The van der Waals surface area contributed by atoms with Gasteiger partial charge < -0.3 is 10.1 Å². The first-order valence-electron chi connectivity index (χ1n) is 6.36. The highest BCUT2D eigenvalue weighted by molar-refractivity contribution is 6.30. The number of hydrogen-bond donors (Lipinski definition) is 1. The van der Waals surface area contributed by atoms with Gasteiger partial charge in [0.05, 0.1) is 11.1 Å². The van der Waals surface area contributed by atoms with Gasteiger partial charge in [0.2, 0.25) is 0 Å². The third-order valence-corrected chi connectivity index (χ3v) is 2.82. The minimum absolute atomic E-state index is 0.171. The zero-order valence-electron chi connectivity index (χ0n) is 11.0. The van der Waals surface area contributed by atoms with Gasteiger partial charge in [-0.15, -0.1) is 0 Å². The van der Waals surface area contributed by atoms with Crippen LogP contribution in [0.5, 0.6) is 0 Å². The molecule has 0 atom stereocenters. The summed E-state index contributed by atoms with van der Waals surface area (Å²) >= 11 is 5.62. The minimum atomic E-state index is -0.360. The highest BCUT2D eigenvalue weighted by Gasteiger charge is 2.00. The standard InChI is InChI=1S/C14H21ClFNO/c1-11(2)18-8-4-3-7-17-10-12-5-6-13(15)14(16)9-12/h5-6,9,11,17H,3-4,7-8,10H2,1-2H3. The number of nitrogens with one attached hydrogen (secondary N) is 1. The molecule has 2 nitrogen and oxygen atoms in total. The van der Waals surface area contributed by atoms with E-state index >= 15 is 0 Å². The molecule has 1 rings (SSSR count). The van der Waals surface area contributed by atoms with E-state index in [4.69, 9.17) is 16.3 Å². The van der Waals surface area contributed by atoms with Crippen molar-refractivity contribution in [2.45, 2.75) is 39.3 Å². The first kappa shape index (κ1) is 15.4. The Hall–Kier alpha value is -0.640. The molecule has 0 aliphatic rings. The second-order valence-electron chi connectivity index (χ2n) is 4.55. The zero-order valence-corrected chi connectivity index (χ0v) is 11.8. The largest absolute Gasteiger partial charge is 0.379 e. The number of ether oxygens (including phenoxy) is 1. The van der Waals surface area contributed by atoms with E-state index in [2.05, 4.69) is 5.32 Å². The van der Waals surface area contributed by atoms with Gasteiger partial charge >= 0.3 is 0 Å². The van der Waals surface area contributed by atoms with E-state index in [0.29, 0.717) is 12.6 Å². The molecule has 0 amide bonds. The molecule has 18 heavy (non-hydrogen) atoms. The van der Waals surface area contributed by atoms with Crippen molar-refractivity contribution < 1.29 is 9.13 Å². The molecule has 0 aromatic heterocycles. The molecule has 102 valence electrons. The molecule has 0 saturated heterocycles. The monoisotopic (exact) mass is 273 g/mol. The first-order chi connectivity index (χ1) is 8.59. The van der Waals surface area contributed by atoms with Crippen LogP contribution in [0.3, 0.4) is 0 Å². The smallest absolute Gasteiger partial charge is 0.142 e. The van der Waals surface area contributed by atoms with Gasteiger partial charge in [0, 0.05) is 13.2 Å². The molecule has 4 heteroatoms. The van der Waals surface area contributed by atoms with Gasteiger partial charge in [-0.05, 0) is 50.9 Å². The molecule has 0 aliphatic carbocycles. The van der Waals surface area contributed by atoms with Gasteiger partial charge in [0.1, 0.15) is 5.82 Å². The maximum absolute atomic E-state index is 13.2. The first-order valence-corrected chi connectivity index (χ1v) is 6.73. The van der Waals surface area contributed by atoms with Crippen molar-refractivity contribution in [3.05, 3.63) is 34.6 Å². The van der Waals surface area contributed by atoms with Gasteiger partial charge in [0.25, 0.3) is 0 Å². The van der Waals surface area contributed by atoms with Gasteiger partial charge in [-0.1, -0.05) is 17.7 Å². The number of halogens is 2. The molecule has 0 spiro atoms. The number of hydrogen-bond acceptors (Lipinski definition) is 2. The van der Waals surface area contributed by atoms with Crippen molar-refractivity contribution in [2.75, 3.05) is 13.2 Å². The topological polar surface area (TPSA) is 21.3 Å². The van der Waals surface area contributed by atoms with Crippen molar-refractivity contribution in [1.82, 2.24) is 5.32 Å². The van der Waals surface area contributed by atoms with Crippen LogP contribution in [0.1, 0.15) is 32.3 Å². The van der Waals surface area contributed by atoms with Crippen LogP contribution in [-0.2, 0) is 11.3 Å². The highest BCUT2D eigenvalue weighted by Crippen LogP contribution is 2.15. The fourth-order valence-corrected chi connectivity index (χ4v) is 1.67. The Labute approximate surface area is 113 Å². The summed E-state index contributed by atoms with van der Waals surface area (Å²) in [6, 6.07) is 4.89. The second kappa shape index (κ2) is 8.46. The maximum Gasteiger partial charge on any atom is 0.142 e. The summed E-state index contributed by atoms with van der Waals surface area (Å²) in [5.74, 6) is -0.360. The fourth-order valence-electron chi connectivity index (χ4n) is 1.55. The number of unbranched alkanes of at least 4 members (excludes halogenated alkanes) is 1. The Balaban J connectivity index is 2.09. The molecule has 0 unspecified atom stereocenters. The maximum atomic E-state index is 13.2. The van der Waals surface area contributed by atoms with Crippen LogP contribution >= 0.6 is 11.6 Å². The molecule has 0 fully saturated rings. The average molecular weight is 274 g/mol. The van der Waals surface area contributed by atoms with Crippen LogP contribution in [0.25, 0.3) is 0 Å². The van der Waals surface area contributed by atoms with E-state index in [0.717, 1.165) is 31.6 Å². The molecular weight excluding hydrogens is 253 g/mol. The third kappa shape index (κ3) is 6.34. The Morgan fingerprint density at radius 2 is 2.11 bits per heavy atom. The lowest BCUT2D eigenvalue weighted by atomic mass is 10.2. The summed E-state index contributed by atoms with van der Waals surface area (Å²) in [6.45, 7) is 6.44. The van der Waals surface area contributed by atoms with Crippen molar-refractivity contribution in [2.24, 2.45) is 0 Å². The zero-order chi connectivity index (χ0) is 13.4. The molecule has 1 aromatic rings. The molecule has 0 aliphatic heterocycles. The summed E-state index contributed by atoms with van der Waals surface area (Å²) in [4.78, 5) is 0. The summed E-state index contributed by atoms with van der Waals surface area (Å²) in [6.07, 6.45) is 2.40. The van der Waals surface area contributed by atoms with Crippen LogP contribution in [0, 0.1) is 5.82 Å². The Morgan fingerprint density at radius 3 is 2.78 bits per heavy atom. The van der Waals surface area contributed by atoms with E-state index in [9.17, 15) is 4.39 Å². The lowest BCUT2D eigenvalue weighted by molar-refractivity contribution is 0.0760. The quantitative estimate of drug-likeness (QED) is 0.728. The third-order valence-electron chi connectivity index (χ3n) is 2.51. The van der Waals surface area contributed by atoms with Gasteiger partial charge in [0.15, 0.2) is 0 Å². The second-order valence-corrected chi connectivity index (χ2v) is 4.96. The van der Waals surface area contributed by atoms with E-state index in [1.807, 2.05) is 19.9 Å². The van der Waals surface area contributed by atoms with Gasteiger partial charge in [-0.25, -0.2) is 4.39 Å². The van der Waals surface area contributed by atoms with Crippen LogP contribution in [0.2, 0.25) is 5.02 Å². The van der Waals surface area contributed by atoms with Crippen LogP contribution in [-0.4, -0.2) is 19.3 Å². The van der Waals surface area contributed by atoms with E-state index < -0.39 is 0 Å². The van der Waals surface area contributed by atoms with Crippen molar-refractivity contribution in [1.29, 1.82) is 0 Å².